The maximum Gasteiger partial charge on any atom is 0.412 e. The zero-order valence-corrected chi connectivity index (χ0v) is 17.6. The molecule has 6 nitrogen and oxygen atoms in total. The summed E-state index contributed by atoms with van der Waals surface area (Å²) in [6.45, 7) is 5.35. The number of carbonyl (C=O) groups excluding carboxylic acids is 2. The van der Waals surface area contributed by atoms with Gasteiger partial charge in [-0.3, -0.25) is 10.1 Å². The van der Waals surface area contributed by atoms with Crippen molar-refractivity contribution < 1.29 is 19.1 Å². The van der Waals surface area contributed by atoms with E-state index in [0.717, 1.165) is 16.3 Å². The lowest BCUT2D eigenvalue weighted by molar-refractivity contribution is -0.115. The van der Waals surface area contributed by atoms with Gasteiger partial charge >= 0.3 is 6.09 Å². The summed E-state index contributed by atoms with van der Waals surface area (Å²) in [5, 5.41) is 7.74. The molecule has 156 valence electrons. The van der Waals surface area contributed by atoms with E-state index in [-0.39, 0.29) is 12.3 Å². The molecule has 0 aliphatic rings. The summed E-state index contributed by atoms with van der Waals surface area (Å²) in [4.78, 5) is 24.9. The van der Waals surface area contributed by atoms with E-state index in [4.69, 9.17) is 9.47 Å². The summed E-state index contributed by atoms with van der Waals surface area (Å²) < 4.78 is 10.7. The van der Waals surface area contributed by atoms with Crippen LogP contribution in [0.5, 0.6) is 5.75 Å². The molecule has 30 heavy (non-hydrogen) atoms. The van der Waals surface area contributed by atoms with E-state index < -0.39 is 11.7 Å². The quantitative estimate of drug-likeness (QED) is 0.597. The molecule has 0 radical (unpaired) electrons. The Balaban J connectivity index is 1.78. The van der Waals surface area contributed by atoms with Gasteiger partial charge in [0, 0.05) is 0 Å². The highest BCUT2D eigenvalue weighted by molar-refractivity contribution is 6.01. The Kier molecular flexibility index (Phi) is 6.26. The highest BCUT2D eigenvalue weighted by Gasteiger charge is 2.19. The highest BCUT2D eigenvalue weighted by Crippen LogP contribution is 2.33. The molecule has 0 unspecified atom stereocenters. The molecule has 3 aromatic rings. The van der Waals surface area contributed by atoms with Crippen LogP contribution in [-0.4, -0.2) is 24.7 Å². The smallest absolute Gasteiger partial charge is 0.412 e. The summed E-state index contributed by atoms with van der Waals surface area (Å²) >= 11 is 0. The van der Waals surface area contributed by atoms with Crippen molar-refractivity contribution >= 4 is 34.1 Å². The van der Waals surface area contributed by atoms with Gasteiger partial charge < -0.3 is 14.8 Å². The second-order valence-electron chi connectivity index (χ2n) is 7.92. The topological polar surface area (TPSA) is 76.7 Å². The minimum absolute atomic E-state index is 0.189. The number of rotatable bonds is 5. The van der Waals surface area contributed by atoms with Crippen molar-refractivity contribution in [1.29, 1.82) is 0 Å². The molecule has 0 aromatic heterocycles. The molecule has 0 saturated heterocycles. The molecule has 2 N–H and O–H groups in total. The third-order valence-electron chi connectivity index (χ3n) is 4.32. The van der Waals surface area contributed by atoms with Crippen molar-refractivity contribution in [3.63, 3.8) is 0 Å². The minimum atomic E-state index is -0.636. The first-order chi connectivity index (χ1) is 14.2. The van der Waals surface area contributed by atoms with Gasteiger partial charge in [-0.1, -0.05) is 48.5 Å². The maximum absolute atomic E-state index is 12.7. The zero-order chi connectivity index (χ0) is 21.7. The molecule has 2 amide bonds. The maximum atomic E-state index is 12.7. The van der Waals surface area contributed by atoms with Crippen LogP contribution in [0.15, 0.2) is 60.7 Å². The van der Waals surface area contributed by atoms with Crippen LogP contribution in [0.4, 0.5) is 16.2 Å². The molecule has 0 atom stereocenters. The number of fused-ring (bicyclic) bond motifs is 1. The molecule has 0 saturated carbocycles. The van der Waals surface area contributed by atoms with Crippen LogP contribution >= 0.6 is 0 Å². The first-order valence-electron chi connectivity index (χ1n) is 9.70. The van der Waals surface area contributed by atoms with E-state index in [1.807, 2.05) is 42.5 Å². The predicted octanol–water partition coefficient (Wildman–Crippen LogP) is 5.38. The van der Waals surface area contributed by atoms with Crippen molar-refractivity contribution in [2.45, 2.75) is 32.8 Å². The van der Waals surface area contributed by atoms with Gasteiger partial charge in [0.2, 0.25) is 5.91 Å². The number of hydrogen-bond donors (Lipinski definition) is 2. The Morgan fingerprint density at radius 1 is 0.900 bits per heavy atom. The van der Waals surface area contributed by atoms with Crippen LogP contribution < -0.4 is 15.4 Å². The Bertz CT molecular complexity index is 1070. The molecule has 0 fully saturated rings. The van der Waals surface area contributed by atoms with E-state index in [2.05, 4.69) is 10.6 Å². The van der Waals surface area contributed by atoms with Crippen LogP contribution in [0.25, 0.3) is 10.8 Å². The number of para-hydroxylation sites is 1. The lowest BCUT2D eigenvalue weighted by atomic mass is 10.0. The van der Waals surface area contributed by atoms with Gasteiger partial charge in [-0.2, -0.15) is 0 Å². The third-order valence-corrected chi connectivity index (χ3v) is 4.32. The normalized spacial score (nSPS) is 11.1. The standard InChI is InChI=1S/C24H26N2O4/c1-24(2,3)30-23(28)25-19-10-7-11-20(29-4)22(19)26-21(27)15-16-12-13-17-8-5-6-9-18(17)14-16/h5-14H,15H2,1-4H3,(H,25,28)(H,26,27). The van der Waals surface area contributed by atoms with Crippen molar-refractivity contribution in [2.75, 3.05) is 17.7 Å². The average molecular weight is 406 g/mol. The van der Waals surface area contributed by atoms with Crippen molar-refractivity contribution in [3.8, 4) is 5.75 Å². The number of benzene rings is 3. The van der Waals surface area contributed by atoms with E-state index in [1.54, 1.807) is 39.0 Å². The Labute approximate surface area is 176 Å². The van der Waals surface area contributed by atoms with E-state index in [9.17, 15) is 9.59 Å². The second kappa shape index (κ2) is 8.86. The lowest BCUT2D eigenvalue weighted by Gasteiger charge is -2.21. The van der Waals surface area contributed by atoms with Crippen LogP contribution in [0.1, 0.15) is 26.3 Å². The fourth-order valence-electron chi connectivity index (χ4n) is 3.07. The summed E-state index contributed by atoms with van der Waals surface area (Å²) in [5.41, 5.74) is 1.04. The van der Waals surface area contributed by atoms with E-state index >= 15 is 0 Å². The first kappa shape index (κ1) is 21.2. The molecule has 3 aromatic carbocycles. The fraction of sp³-hybridized carbons (Fsp3) is 0.250. The van der Waals surface area contributed by atoms with Gasteiger partial charge in [0.05, 0.1) is 19.2 Å². The van der Waals surface area contributed by atoms with Crippen molar-refractivity contribution in [3.05, 3.63) is 66.2 Å². The molecule has 0 heterocycles. The highest BCUT2D eigenvalue weighted by atomic mass is 16.6. The first-order valence-corrected chi connectivity index (χ1v) is 9.70. The molecule has 0 aliphatic heterocycles. The number of hydrogen-bond acceptors (Lipinski definition) is 4. The number of methoxy groups -OCH3 is 1. The van der Waals surface area contributed by atoms with Gasteiger partial charge in [0.1, 0.15) is 17.0 Å². The molecule has 6 heteroatoms. The van der Waals surface area contributed by atoms with Crippen molar-refractivity contribution in [1.82, 2.24) is 0 Å². The molecule has 0 aliphatic carbocycles. The van der Waals surface area contributed by atoms with Gasteiger partial charge in [0.15, 0.2) is 0 Å². The predicted molar refractivity (Wildman–Crippen MR) is 119 cm³/mol. The Morgan fingerprint density at radius 3 is 2.33 bits per heavy atom. The van der Waals surface area contributed by atoms with Gasteiger partial charge in [0.25, 0.3) is 0 Å². The average Bonchev–Trinajstić information content (AvgIpc) is 2.67. The lowest BCUT2D eigenvalue weighted by Crippen LogP contribution is -2.27. The van der Waals surface area contributed by atoms with Gasteiger partial charge in [-0.05, 0) is 49.2 Å². The second-order valence-corrected chi connectivity index (χ2v) is 7.92. The SMILES string of the molecule is COc1cccc(NC(=O)OC(C)(C)C)c1NC(=O)Cc1ccc2ccccc2c1. The van der Waals surface area contributed by atoms with Crippen LogP contribution in [0.2, 0.25) is 0 Å². The largest absolute Gasteiger partial charge is 0.494 e. The zero-order valence-electron chi connectivity index (χ0n) is 17.6. The Morgan fingerprint density at radius 2 is 1.63 bits per heavy atom. The molecule has 0 spiro atoms. The molecule has 3 rings (SSSR count). The number of carbonyl (C=O) groups is 2. The number of amides is 2. The van der Waals surface area contributed by atoms with Gasteiger partial charge in [-0.25, -0.2) is 4.79 Å². The molecule has 0 bridgehead atoms. The van der Waals surface area contributed by atoms with E-state index in [1.165, 1.54) is 7.11 Å². The van der Waals surface area contributed by atoms with Crippen LogP contribution in [-0.2, 0) is 16.0 Å². The summed E-state index contributed by atoms with van der Waals surface area (Å²) in [6.07, 6.45) is -0.421. The minimum Gasteiger partial charge on any atom is -0.494 e. The third kappa shape index (κ3) is 5.50. The fourth-order valence-corrected chi connectivity index (χ4v) is 3.07. The number of ether oxygens (including phenoxy) is 2. The summed E-state index contributed by atoms with van der Waals surface area (Å²) in [7, 11) is 1.51. The Hall–Kier alpha value is -3.54. The molecular formula is C24H26N2O4. The monoisotopic (exact) mass is 406 g/mol. The number of anilines is 2. The van der Waals surface area contributed by atoms with Crippen molar-refractivity contribution in [2.24, 2.45) is 0 Å². The van der Waals surface area contributed by atoms with Crippen LogP contribution in [0, 0.1) is 0 Å². The van der Waals surface area contributed by atoms with Gasteiger partial charge in [-0.15, -0.1) is 0 Å². The molecular weight excluding hydrogens is 380 g/mol. The number of nitrogens with one attached hydrogen (secondary N) is 2. The van der Waals surface area contributed by atoms with E-state index in [0.29, 0.717) is 17.1 Å². The summed E-state index contributed by atoms with van der Waals surface area (Å²) in [6, 6.07) is 19.0. The summed E-state index contributed by atoms with van der Waals surface area (Å²) in [5.74, 6) is 0.220. The van der Waals surface area contributed by atoms with Crippen LogP contribution in [0.3, 0.4) is 0 Å².